The highest BCUT2D eigenvalue weighted by Crippen LogP contribution is 2.41. The summed E-state index contributed by atoms with van der Waals surface area (Å²) in [6.45, 7) is 1.44. The Morgan fingerprint density at radius 1 is 1.08 bits per heavy atom. The molecule has 0 fully saturated rings. The van der Waals surface area contributed by atoms with Gasteiger partial charge in [-0.15, -0.1) is 10.2 Å². The van der Waals surface area contributed by atoms with Crippen molar-refractivity contribution in [1.82, 2.24) is 14.8 Å². The molecule has 13 heteroatoms. The summed E-state index contributed by atoms with van der Waals surface area (Å²) in [5, 5.41) is 31.6. The zero-order valence-corrected chi connectivity index (χ0v) is 22.4. The molecule has 0 amide bonds. The molecule has 0 aliphatic heterocycles. The number of hydrogen-bond donors (Lipinski definition) is 0. The second kappa shape index (κ2) is 11.7. The van der Waals surface area contributed by atoms with Gasteiger partial charge in [-0.2, -0.15) is 0 Å². The fourth-order valence-corrected chi connectivity index (χ4v) is 5.29. The molecule has 3 aromatic carbocycles. The van der Waals surface area contributed by atoms with Crippen LogP contribution in [0.3, 0.4) is 0 Å². The van der Waals surface area contributed by atoms with E-state index >= 15 is 0 Å². The van der Waals surface area contributed by atoms with Gasteiger partial charge in [-0.1, -0.05) is 51.4 Å². The van der Waals surface area contributed by atoms with Crippen LogP contribution in [0, 0.1) is 27.2 Å². The molecular weight excluding hydrogens is 586 g/mol. The van der Waals surface area contributed by atoms with Crippen molar-refractivity contribution >= 4 is 45.0 Å². The molecular formula is C24H19BrClN5O5S. The van der Waals surface area contributed by atoms with Crippen LogP contribution < -0.4 is 4.74 Å². The van der Waals surface area contributed by atoms with Gasteiger partial charge in [0.2, 0.25) is 6.54 Å². The molecule has 0 N–H and O–H groups in total. The molecule has 0 bridgehead atoms. The Kier molecular flexibility index (Phi) is 8.41. The van der Waals surface area contributed by atoms with Gasteiger partial charge in [0.1, 0.15) is 23.4 Å². The molecule has 1 heterocycles. The van der Waals surface area contributed by atoms with E-state index in [2.05, 4.69) is 26.1 Å². The summed E-state index contributed by atoms with van der Waals surface area (Å²) in [6, 6.07) is 18.5. The van der Waals surface area contributed by atoms with Crippen molar-refractivity contribution < 1.29 is 14.6 Å². The lowest BCUT2D eigenvalue weighted by Crippen LogP contribution is -2.13. The van der Waals surface area contributed by atoms with Crippen molar-refractivity contribution in [3.63, 3.8) is 0 Å². The molecule has 0 saturated carbocycles. The van der Waals surface area contributed by atoms with Crippen LogP contribution in [0.5, 0.6) is 5.75 Å². The number of rotatable bonds is 10. The first-order valence-corrected chi connectivity index (χ1v) is 12.9. The van der Waals surface area contributed by atoms with Crippen molar-refractivity contribution in [2.24, 2.45) is 0 Å². The van der Waals surface area contributed by atoms with E-state index in [0.29, 0.717) is 32.9 Å². The number of ether oxygens (including phenoxy) is 1. The van der Waals surface area contributed by atoms with Crippen LogP contribution in [0.15, 0.2) is 76.4 Å². The predicted octanol–water partition coefficient (Wildman–Crippen LogP) is 6.59. The first kappa shape index (κ1) is 26.6. The number of aromatic nitrogens is 3. The number of nitro benzene ring substituents is 1. The summed E-state index contributed by atoms with van der Waals surface area (Å²) < 4.78 is 8.53. The van der Waals surface area contributed by atoms with Gasteiger partial charge < -0.3 is 4.74 Å². The van der Waals surface area contributed by atoms with Crippen molar-refractivity contribution in [1.29, 1.82) is 0 Å². The van der Waals surface area contributed by atoms with Gasteiger partial charge in [0, 0.05) is 37.8 Å². The Bertz CT molecular complexity index is 1450. The molecule has 37 heavy (non-hydrogen) atoms. The fourth-order valence-electron chi connectivity index (χ4n) is 3.59. The number of halogens is 2. The van der Waals surface area contributed by atoms with Gasteiger partial charge in [-0.3, -0.25) is 24.8 Å². The monoisotopic (exact) mass is 603 g/mol. The average molecular weight is 605 g/mol. The van der Waals surface area contributed by atoms with E-state index in [4.69, 9.17) is 16.3 Å². The van der Waals surface area contributed by atoms with E-state index in [1.54, 1.807) is 54.0 Å². The molecule has 10 nitrogen and oxygen atoms in total. The van der Waals surface area contributed by atoms with Crippen molar-refractivity contribution in [2.75, 3.05) is 6.54 Å². The van der Waals surface area contributed by atoms with Crippen LogP contribution >= 0.6 is 39.3 Å². The Morgan fingerprint density at radius 2 is 1.84 bits per heavy atom. The summed E-state index contributed by atoms with van der Waals surface area (Å²) in [5.74, 6) is 1.03. The SMILES string of the molecule is Cc1nnc(S[C@@H](C[N+](=O)[O-])c2cc(Br)ccc2OCc2cccc([N+](=O)[O-])c2)n1-c1ccc(Cl)cc1. The summed E-state index contributed by atoms with van der Waals surface area (Å²) in [5.41, 5.74) is 1.89. The number of non-ortho nitro benzene ring substituents is 1. The van der Waals surface area contributed by atoms with Gasteiger partial charge in [-0.25, -0.2) is 0 Å². The second-order valence-electron chi connectivity index (χ2n) is 7.86. The van der Waals surface area contributed by atoms with E-state index in [9.17, 15) is 20.2 Å². The number of nitro groups is 2. The van der Waals surface area contributed by atoms with Crippen LogP contribution in [-0.4, -0.2) is 31.2 Å². The largest absolute Gasteiger partial charge is 0.489 e. The quantitative estimate of drug-likeness (QED) is 0.113. The Balaban J connectivity index is 1.67. The van der Waals surface area contributed by atoms with Crippen molar-refractivity contribution in [3.05, 3.63) is 113 Å². The maximum atomic E-state index is 11.7. The van der Waals surface area contributed by atoms with Crippen molar-refractivity contribution in [2.45, 2.75) is 23.9 Å². The van der Waals surface area contributed by atoms with Crippen molar-refractivity contribution in [3.8, 4) is 11.4 Å². The maximum Gasteiger partial charge on any atom is 0.269 e. The van der Waals surface area contributed by atoms with Gasteiger partial charge in [0.05, 0.1) is 4.92 Å². The Morgan fingerprint density at radius 3 is 2.54 bits per heavy atom. The lowest BCUT2D eigenvalue weighted by atomic mass is 10.1. The van der Waals surface area contributed by atoms with Gasteiger partial charge in [0.15, 0.2) is 5.16 Å². The molecule has 0 aliphatic rings. The molecule has 0 radical (unpaired) electrons. The van der Waals surface area contributed by atoms with Crippen LogP contribution in [-0.2, 0) is 6.61 Å². The zero-order chi connectivity index (χ0) is 26.5. The highest BCUT2D eigenvalue weighted by molar-refractivity contribution is 9.10. The normalized spacial score (nSPS) is 11.8. The number of hydrogen-bond acceptors (Lipinski definition) is 8. The van der Waals surface area contributed by atoms with Gasteiger partial charge >= 0.3 is 0 Å². The number of nitrogens with zero attached hydrogens (tertiary/aromatic N) is 5. The Labute approximate surface area is 229 Å². The Hall–Kier alpha value is -3.48. The molecule has 190 valence electrons. The van der Waals surface area contributed by atoms with E-state index in [1.165, 1.54) is 23.9 Å². The van der Waals surface area contributed by atoms with Crippen LogP contribution in [0.25, 0.3) is 5.69 Å². The molecule has 0 spiro atoms. The smallest absolute Gasteiger partial charge is 0.269 e. The highest BCUT2D eigenvalue weighted by atomic mass is 79.9. The number of thioether (sulfide) groups is 1. The number of benzene rings is 3. The fraction of sp³-hybridized carbons (Fsp3) is 0.167. The molecule has 1 atom stereocenters. The van der Waals surface area contributed by atoms with E-state index in [1.807, 2.05) is 12.1 Å². The first-order valence-electron chi connectivity index (χ1n) is 10.8. The maximum absolute atomic E-state index is 11.7. The first-order chi connectivity index (χ1) is 17.7. The third-order valence-electron chi connectivity index (χ3n) is 5.28. The third-order valence-corrected chi connectivity index (χ3v) is 7.18. The molecule has 0 saturated heterocycles. The van der Waals surface area contributed by atoms with E-state index in [-0.39, 0.29) is 12.3 Å². The summed E-state index contributed by atoms with van der Waals surface area (Å²) >= 11 is 10.7. The van der Waals surface area contributed by atoms with E-state index in [0.717, 1.165) is 10.2 Å². The standard InChI is InChI=1S/C24H19BrClN5O5S/c1-15-27-28-24(30(15)19-8-6-18(26)7-9-19)37-23(13-29(32)33)21-12-17(25)5-10-22(21)36-14-16-3-2-4-20(11-16)31(34)35/h2-12,23H,13-14H2,1H3/t23-/m0/s1. The minimum absolute atomic E-state index is 0.0455. The van der Waals surface area contributed by atoms with E-state index < -0.39 is 21.6 Å². The molecule has 0 aliphatic carbocycles. The minimum Gasteiger partial charge on any atom is -0.489 e. The van der Waals surface area contributed by atoms with Crippen LogP contribution in [0.4, 0.5) is 5.69 Å². The molecule has 4 aromatic rings. The average Bonchev–Trinajstić information content (AvgIpc) is 3.23. The van der Waals surface area contributed by atoms with Crippen LogP contribution in [0.2, 0.25) is 5.02 Å². The molecule has 4 rings (SSSR count). The lowest BCUT2D eigenvalue weighted by molar-refractivity contribution is -0.479. The van der Waals surface area contributed by atoms with Gasteiger partial charge in [0.25, 0.3) is 5.69 Å². The minimum atomic E-state index is -0.678. The summed E-state index contributed by atoms with van der Waals surface area (Å²) in [4.78, 5) is 21.9. The molecule has 1 aromatic heterocycles. The van der Waals surface area contributed by atoms with Gasteiger partial charge in [-0.05, 0) is 55.0 Å². The second-order valence-corrected chi connectivity index (χ2v) is 10.4. The molecule has 0 unspecified atom stereocenters. The highest BCUT2D eigenvalue weighted by Gasteiger charge is 2.27. The van der Waals surface area contributed by atoms with Crippen LogP contribution in [0.1, 0.15) is 22.2 Å². The summed E-state index contributed by atoms with van der Waals surface area (Å²) in [6.07, 6.45) is 0. The predicted molar refractivity (Wildman–Crippen MR) is 143 cm³/mol. The zero-order valence-electron chi connectivity index (χ0n) is 19.3. The lowest BCUT2D eigenvalue weighted by Gasteiger charge is -2.18. The third kappa shape index (κ3) is 6.64. The number of aryl methyl sites for hydroxylation is 1. The topological polar surface area (TPSA) is 126 Å². The summed E-state index contributed by atoms with van der Waals surface area (Å²) in [7, 11) is 0.